The summed E-state index contributed by atoms with van der Waals surface area (Å²) < 4.78 is 2.59. The van der Waals surface area contributed by atoms with Crippen molar-refractivity contribution in [2.24, 2.45) is 0 Å². The maximum Gasteiger partial charge on any atom is 0.263 e. The Morgan fingerprint density at radius 2 is 1.74 bits per heavy atom. The molecule has 0 fully saturated rings. The van der Waals surface area contributed by atoms with Crippen molar-refractivity contribution < 1.29 is 9.59 Å². The van der Waals surface area contributed by atoms with E-state index in [1.54, 1.807) is 4.57 Å². The van der Waals surface area contributed by atoms with Crippen LogP contribution in [0, 0.1) is 0 Å². The fourth-order valence-corrected chi connectivity index (χ4v) is 4.52. The monoisotopic (exact) mass is 417 g/mol. The van der Waals surface area contributed by atoms with E-state index in [0.717, 1.165) is 44.6 Å². The highest BCUT2D eigenvalue weighted by molar-refractivity contribution is 9.10. The maximum atomic E-state index is 13.6. The summed E-state index contributed by atoms with van der Waals surface area (Å²) in [4.78, 5) is 26.4. The Kier molecular flexibility index (Phi) is 3.76. The molecule has 5 rings (SSSR count). The molecule has 0 saturated heterocycles. The molecule has 0 bridgehead atoms. The van der Waals surface area contributed by atoms with Crippen molar-refractivity contribution in [3.8, 4) is 0 Å². The van der Waals surface area contributed by atoms with Gasteiger partial charge in [0.05, 0.1) is 11.2 Å². The Hall–Kier alpha value is -2.72. The highest BCUT2D eigenvalue weighted by Gasteiger charge is 2.29. The van der Waals surface area contributed by atoms with Crippen LogP contribution in [0.15, 0.2) is 65.1 Å². The molecular formula is C23H16BrNO2. The summed E-state index contributed by atoms with van der Waals surface area (Å²) >= 11 is 3.52. The lowest BCUT2D eigenvalue weighted by Gasteiger charge is -2.15. The Labute approximate surface area is 164 Å². The summed E-state index contributed by atoms with van der Waals surface area (Å²) in [6.45, 7) is 0. The fourth-order valence-electron chi connectivity index (χ4n) is 4.16. The van der Waals surface area contributed by atoms with Gasteiger partial charge in [-0.25, -0.2) is 0 Å². The van der Waals surface area contributed by atoms with Gasteiger partial charge in [0.2, 0.25) is 0 Å². The van der Waals surface area contributed by atoms with Gasteiger partial charge < -0.3 is 0 Å². The second kappa shape index (κ2) is 6.17. The van der Waals surface area contributed by atoms with Crippen LogP contribution in [-0.2, 0) is 6.42 Å². The number of benzene rings is 3. The number of halogens is 1. The molecule has 1 aliphatic rings. The predicted molar refractivity (Wildman–Crippen MR) is 111 cm³/mol. The molecule has 3 nitrogen and oxygen atoms in total. The van der Waals surface area contributed by atoms with Crippen LogP contribution < -0.4 is 0 Å². The Bertz CT molecular complexity index is 1250. The van der Waals surface area contributed by atoms with Gasteiger partial charge in [-0.1, -0.05) is 52.3 Å². The molecule has 0 N–H and O–H groups in total. The quantitative estimate of drug-likeness (QED) is 0.394. The smallest absolute Gasteiger partial charge is 0.263 e. The van der Waals surface area contributed by atoms with Gasteiger partial charge in [0, 0.05) is 21.8 Å². The molecule has 4 heteroatoms. The molecule has 1 aliphatic carbocycles. The van der Waals surface area contributed by atoms with Crippen molar-refractivity contribution in [3.05, 3.63) is 82.0 Å². The summed E-state index contributed by atoms with van der Waals surface area (Å²) in [5, 5.41) is 2.91. The molecule has 27 heavy (non-hydrogen) atoms. The second-order valence-corrected chi connectivity index (χ2v) is 7.85. The SMILES string of the molecule is O=C1CCCc2c1n(C(=O)c1cccc3ccccc13)c1ccc(Br)cc21. The molecule has 0 aliphatic heterocycles. The molecule has 1 heterocycles. The Balaban J connectivity index is 1.84. The number of aryl methyl sites for hydroxylation is 1. The Morgan fingerprint density at radius 3 is 2.63 bits per heavy atom. The number of Topliss-reactive ketones (excluding diaryl/α,β-unsaturated/α-hetero) is 1. The number of ketones is 1. The van der Waals surface area contributed by atoms with E-state index in [9.17, 15) is 9.59 Å². The average Bonchev–Trinajstić information content (AvgIpc) is 3.02. The van der Waals surface area contributed by atoms with Crippen molar-refractivity contribution in [3.63, 3.8) is 0 Å². The van der Waals surface area contributed by atoms with E-state index in [0.29, 0.717) is 17.7 Å². The van der Waals surface area contributed by atoms with Crippen LogP contribution in [0.1, 0.15) is 39.3 Å². The summed E-state index contributed by atoms with van der Waals surface area (Å²) in [6.07, 6.45) is 2.15. The third-order valence-electron chi connectivity index (χ3n) is 5.35. The van der Waals surface area contributed by atoms with Crippen LogP contribution in [0.2, 0.25) is 0 Å². The van der Waals surface area contributed by atoms with Crippen molar-refractivity contribution in [2.75, 3.05) is 0 Å². The number of carbonyl (C=O) groups excluding carboxylic acids is 2. The van der Waals surface area contributed by atoms with Gasteiger partial charge >= 0.3 is 0 Å². The van der Waals surface area contributed by atoms with E-state index in [1.165, 1.54) is 0 Å². The van der Waals surface area contributed by atoms with Gasteiger partial charge in [0.1, 0.15) is 0 Å². The van der Waals surface area contributed by atoms with E-state index in [1.807, 2.05) is 60.7 Å². The zero-order valence-corrected chi connectivity index (χ0v) is 16.1. The number of nitrogens with zero attached hydrogens (tertiary/aromatic N) is 1. The molecule has 132 valence electrons. The van der Waals surface area contributed by atoms with Crippen LogP contribution in [-0.4, -0.2) is 16.3 Å². The van der Waals surface area contributed by atoms with E-state index in [2.05, 4.69) is 15.9 Å². The average molecular weight is 418 g/mol. The van der Waals surface area contributed by atoms with Crippen molar-refractivity contribution >= 4 is 49.3 Å². The zero-order chi connectivity index (χ0) is 18.5. The number of hydrogen-bond acceptors (Lipinski definition) is 2. The molecule has 0 amide bonds. The Morgan fingerprint density at radius 1 is 0.926 bits per heavy atom. The summed E-state index contributed by atoms with van der Waals surface area (Å²) in [5.41, 5.74) is 2.98. The lowest BCUT2D eigenvalue weighted by molar-refractivity contribution is 0.0914. The fraction of sp³-hybridized carbons (Fsp3) is 0.130. The van der Waals surface area contributed by atoms with Crippen LogP contribution >= 0.6 is 15.9 Å². The van der Waals surface area contributed by atoms with Gasteiger partial charge in [-0.3, -0.25) is 14.2 Å². The molecule has 0 atom stereocenters. The summed E-state index contributed by atoms with van der Waals surface area (Å²) in [5.74, 6) is -0.0900. The zero-order valence-electron chi connectivity index (χ0n) is 14.5. The number of hydrogen-bond donors (Lipinski definition) is 0. The van der Waals surface area contributed by atoms with Gasteiger partial charge in [-0.2, -0.15) is 0 Å². The topological polar surface area (TPSA) is 39.1 Å². The van der Waals surface area contributed by atoms with Gasteiger partial charge in [0.15, 0.2) is 5.78 Å². The molecule has 0 spiro atoms. The molecule has 0 unspecified atom stereocenters. The maximum absolute atomic E-state index is 13.6. The lowest BCUT2D eigenvalue weighted by Crippen LogP contribution is -2.21. The van der Waals surface area contributed by atoms with Crippen LogP contribution in [0.5, 0.6) is 0 Å². The van der Waals surface area contributed by atoms with Crippen LogP contribution in [0.3, 0.4) is 0 Å². The first-order chi connectivity index (χ1) is 13.1. The van der Waals surface area contributed by atoms with Crippen LogP contribution in [0.25, 0.3) is 21.7 Å². The number of carbonyl (C=O) groups is 2. The number of aromatic nitrogens is 1. The lowest BCUT2D eigenvalue weighted by atomic mass is 9.94. The minimum Gasteiger partial charge on any atom is -0.293 e. The first kappa shape index (κ1) is 16.5. The standard InChI is InChI=1S/C23H16BrNO2/c24-15-11-12-20-19(13-15)17-8-4-10-21(26)22(17)25(20)23(27)18-9-3-6-14-5-1-2-7-16(14)18/h1-3,5-7,9,11-13H,4,8,10H2. The minimum absolute atomic E-state index is 0.0529. The molecule has 0 saturated carbocycles. The van der Waals surface area contributed by atoms with Crippen molar-refractivity contribution in [1.82, 2.24) is 4.57 Å². The van der Waals surface area contributed by atoms with E-state index >= 15 is 0 Å². The molecule has 4 aromatic rings. The highest BCUT2D eigenvalue weighted by atomic mass is 79.9. The normalized spacial score (nSPS) is 13.9. The van der Waals surface area contributed by atoms with Gasteiger partial charge in [-0.05, 0) is 53.4 Å². The molecular weight excluding hydrogens is 402 g/mol. The molecule has 3 aromatic carbocycles. The number of fused-ring (bicyclic) bond motifs is 4. The summed E-state index contributed by atoms with van der Waals surface area (Å²) in [6, 6.07) is 19.4. The third kappa shape index (κ3) is 2.47. The number of rotatable bonds is 1. The second-order valence-electron chi connectivity index (χ2n) is 6.93. The highest BCUT2D eigenvalue weighted by Crippen LogP contribution is 2.35. The van der Waals surface area contributed by atoms with Gasteiger partial charge in [0.25, 0.3) is 5.91 Å². The van der Waals surface area contributed by atoms with E-state index in [-0.39, 0.29) is 11.7 Å². The van der Waals surface area contributed by atoms with E-state index < -0.39 is 0 Å². The van der Waals surface area contributed by atoms with Gasteiger partial charge in [-0.15, -0.1) is 0 Å². The van der Waals surface area contributed by atoms with Crippen molar-refractivity contribution in [1.29, 1.82) is 0 Å². The van der Waals surface area contributed by atoms with E-state index in [4.69, 9.17) is 0 Å². The molecule has 0 radical (unpaired) electrons. The third-order valence-corrected chi connectivity index (χ3v) is 5.85. The molecule has 1 aromatic heterocycles. The largest absolute Gasteiger partial charge is 0.293 e. The van der Waals surface area contributed by atoms with Crippen LogP contribution in [0.4, 0.5) is 0 Å². The predicted octanol–water partition coefficient (Wildman–Crippen LogP) is 5.76. The van der Waals surface area contributed by atoms with Crippen molar-refractivity contribution in [2.45, 2.75) is 19.3 Å². The minimum atomic E-state index is -0.143. The first-order valence-corrected chi connectivity index (χ1v) is 9.83. The summed E-state index contributed by atoms with van der Waals surface area (Å²) in [7, 11) is 0. The first-order valence-electron chi connectivity index (χ1n) is 9.03.